The monoisotopic (exact) mass is 282 g/mol. The molecule has 0 spiro atoms. The predicted octanol–water partition coefficient (Wildman–Crippen LogP) is 4.29. The zero-order valence-corrected chi connectivity index (χ0v) is 10.1. The molecule has 1 aromatic heterocycles. The predicted molar refractivity (Wildman–Crippen MR) is 64.4 cm³/mol. The van der Waals surface area contributed by atoms with E-state index in [1.807, 2.05) is 6.07 Å². The summed E-state index contributed by atoms with van der Waals surface area (Å²) in [4.78, 5) is 3.78. The molecule has 2 nitrogen and oxygen atoms in total. The largest absolute Gasteiger partial charge is 0.416 e. The summed E-state index contributed by atoms with van der Waals surface area (Å²) in [6.45, 7) is 0. The van der Waals surface area contributed by atoms with E-state index in [1.165, 1.54) is 24.4 Å². The molecule has 0 bridgehead atoms. The Morgan fingerprint density at radius 2 is 1.89 bits per heavy atom. The highest BCUT2D eigenvalue weighted by Gasteiger charge is 2.30. The van der Waals surface area contributed by atoms with Crippen molar-refractivity contribution in [3.8, 4) is 17.2 Å². The summed E-state index contributed by atoms with van der Waals surface area (Å²) >= 11 is 5.67. The minimum absolute atomic E-state index is 0.0261. The van der Waals surface area contributed by atoms with Gasteiger partial charge in [-0.2, -0.15) is 18.4 Å². The first-order valence-electron chi connectivity index (χ1n) is 5.15. The summed E-state index contributed by atoms with van der Waals surface area (Å²) in [5.41, 5.74) is 0.109. The van der Waals surface area contributed by atoms with Crippen molar-refractivity contribution in [2.24, 2.45) is 0 Å². The number of pyridine rings is 1. The molecule has 0 saturated carbocycles. The van der Waals surface area contributed by atoms with Crippen LogP contribution in [-0.4, -0.2) is 4.98 Å². The molecule has 1 heterocycles. The summed E-state index contributed by atoms with van der Waals surface area (Å²) in [6.07, 6.45) is -3.08. The van der Waals surface area contributed by atoms with Gasteiger partial charge in [-0.1, -0.05) is 23.7 Å². The number of nitriles is 1. The lowest BCUT2D eigenvalue weighted by Gasteiger charge is -2.09. The van der Waals surface area contributed by atoms with Gasteiger partial charge in [0.2, 0.25) is 0 Å². The van der Waals surface area contributed by atoms with Crippen molar-refractivity contribution in [3.05, 3.63) is 52.8 Å². The molecule has 0 fully saturated rings. The van der Waals surface area contributed by atoms with Gasteiger partial charge in [0.25, 0.3) is 0 Å². The van der Waals surface area contributed by atoms with E-state index < -0.39 is 11.7 Å². The Hall–Kier alpha value is -2.06. The molecule has 0 unspecified atom stereocenters. The molecule has 0 atom stereocenters. The van der Waals surface area contributed by atoms with E-state index in [0.717, 1.165) is 12.1 Å². The lowest BCUT2D eigenvalue weighted by molar-refractivity contribution is -0.137. The average molecular weight is 283 g/mol. The number of nitrogens with zero attached hydrogens (tertiary/aromatic N) is 2. The molecule has 19 heavy (non-hydrogen) atoms. The molecule has 96 valence electrons. The number of halogens is 4. The van der Waals surface area contributed by atoms with Crippen LogP contribution >= 0.6 is 11.6 Å². The fraction of sp³-hybridized carbons (Fsp3) is 0.0769. The number of aromatic nitrogens is 1. The molecular weight excluding hydrogens is 277 g/mol. The van der Waals surface area contributed by atoms with Gasteiger partial charge in [0, 0.05) is 11.8 Å². The van der Waals surface area contributed by atoms with Crippen LogP contribution in [-0.2, 0) is 6.18 Å². The highest BCUT2D eigenvalue weighted by Crippen LogP contribution is 2.32. The number of hydrogen-bond donors (Lipinski definition) is 0. The van der Waals surface area contributed by atoms with Crippen LogP contribution in [0.1, 0.15) is 11.1 Å². The fourth-order valence-corrected chi connectivity index (χ4v) is 1.71. The molecule has 0 aliphatic rings. The van der Waals surface area contributed by atoms with Crippen molar-refractivity contribution in [2.45, 2.75) is 6.18 Å². The van der Waals surface area contributed by atoms with Gasteiger partial charge in [0.05, 0.1) is 11.1 Å². The van der Waals surface area contributed by atoms with E-state index in [4.69, 9.17) is 16.9 Å². The number of benzene rings is 1. The molecule has 0 aliphatic carbocycles. The van der Waals surface area contributed by atoms with Gasteiger partial charge in [-0.3, -0.25) is 0 Å². The second-order valence-corrected chi connectivity index (χ2v) is 4.11. The molecule has 0 aliphatic heterocycles. The van der Waals surface area contributed by atoms with Crippen LogP contribution in [0.2, 0.25) is 5.15 Å². The van der Waals surface area contributed by atoms with Crippen LogP contribution in [0.4, 0.5) is 13.2 Å². The maximum absolute atomic E-state index is 12.6. The summed E-state index contributed by atoms with van der Waals surface area (Å²) in [5, 5.41) is 8.85. The molecule has 1 aromatic carbocycles. The van der Waals surface area contributed by atoms with Crippen molar-refractivity contribution >= 4 is 11.6 Å². The topological polar surface area (TPSA) is 36.7 Å². The van der Waals surface area contributed by atoms with Crippen LogP contribution in [0.5, 0.6) is 0 Å². The minimum Gasteiger partial charge on any atom is -0.243 e. The first-order valence-corrected chi connectivity index (χ1v) is 5.53. The van der Waals surface area contributed by atoms with Gasteiger partial charge in [-0.15, -0.1) is 0 Å². The molecule has 2 aromatic rings. The highest BCUT2D eigenvalue weighted by atomic mass is 35.5. The number of rotatable bonds is 1. The van der Waals surface area contributed by atoms with Crippen molar-refractivity contribution in [2.75, 3.05) is 0 Å². The maximum atomic E-state index is 12.6. The normalized spacial score (nSPS) is 11.1. The van der Waals surface area contributed by atoms with Gasteiger partial charge in [-0.25, -0.2) is 4.98 Å². The van der Waals surface area contributed by atoms with Gasteiger partial charge in [0.1, 0.15) is 11.2 Å². The summed E-state index contributed by atoms with van der Waals surface area (Å²) in [5.74, 6) is 0. The summed E-state index contributed by atoms with van der Waals surface area (Å²) < 4.78 is 37.8. The van der Waals surface area contributed by atoms with E-state index >= 15 is 0 Å². The van der Waals surface area contributed by atoms with Gasteiger partial charge in [0.15, 0.2) is 0 Å². The Labute approximate surface area is 112 Å². The third-order valence-electron chi connectivity index (χ3n) is 2.48. The number of alkyl halides is 3. The Bertz CT molecular complexity index is 660. The van der Waals surface area contributed by atoms with E-state index in [0.29, 0.717) is 11.1 Å². The average Bonchev–Trinajstić information content (AvgIpc) is 2.38. The summed E-state index contributed by atoms with van der Waals surface area (Å²) in [6, 6.07) is 8.05. The van der Waals surface area contributed by atoms with Crippen LogP contribution in [0.15, 0.2) is 36.5 Å². The van der Waals surface area contributed by atoms with E-state index in [2.05, 4.69) is 4.98 Å². The van der Waals surface area contributed by atoms with Crippen molar-refractivity contribution < 1.29 is 13.2 Å². The second kappa shape index (κ2) is 4.90. The molecule has 2 rings (SSSR count). The van der Waals surface area contributed by atoms with Crippen molar-refractivity contribution in [3.63, 3.8) is 0 Å². The maximum Gasteiger partial charge on any atom is 0.416 e. The Morgan fingerprint density at radius 1 is 1.16 bits per heavy atom. The van der Waals surface area contributed by atoms with Crippen LogP contribution in [0.25, 0.3) is 11.1 Å². The Balaban J connectivity index is 2.51. The minimum atomic E-state index is -4.41. The van der Waals surface area contributed by atoms with Gasteiger partial charge < -0.3 is 0 Å². The van der Waals surface area contributed by atoms with Crippen LogP contribution < -0.4 is 0 Å². The first-order chi connectivity index (χ1) is 8.91. The number of hydrogen-bond acceptors (Lipinski definition) is 2. The third kappa shape index (κ3) is 2.85. The second-order valence-electron chi connectivity index (χ2n) is 3.75. The zero-order chi connectivity index (χ0) is 14.0. The quantitative estimate of drug-likeness (QED) is 0.732. The molecule has 6 heteroatoms. The highest BCUT2D eigenvalue weighted by molar-refractivity contribution is 6.30. The molecule has 0 amide bonds. The Morgan fingerprint density at radius 3 is 2.53 bits per heavy atom. The first kappa shape index (κ1) is 13.4. The zero-order valence-electron chi connectivity index (χ0n) is 9.37. The lowest BCUT2D eigenvalue weighted by Crippen LogP contribution is -2.04. The SMILES string of the molecule is N#Cc1cc(-c2cccc(C(F)(F)F)c2)cnc1Cl. The van der Waals surface area contributed by atoms with E-state index in [1.54, 1.807) is 0 Å². The molecular formula is C13H6ClF3N2. The van der Waals surface area contributed by atoms with Crippen LogP contribution in [0, 0.1) is 11.3 Å². The molecule has 0 saturated heterocycles. The van der Waals surface area contributed by atoms with Crippen molar-refractivity contribution in [1.82, 2.24) is 4.98 Å². The summed E-state index contributed by atoms with van der Waals surface area (Å²) in [7, 11) is 0. The Kier molecular flexibility index (Phi) is 3.45. The fourth-order valence-electron chi connectivity index (χ4n) is 1.56. The van der Waals surface area contributed by atoms with Gasteiger partial charge >= 0.3 is 6.18 Å². The lowest BCUT2D eigenvalue weighted by atomic mass is 10.0. The van der Waals surface area contributed by atoms with Crippen LogP contribution in [0.3, 0.4) is 0 Å². The van der Waals surface area contributed by atoms with Crippen molar-refractivity contribution in [1.29, 1.82) is 5.26 Å². The third-order valence-corrected chi connectivity index (χ3v) is 2.78. The van der Waals surface area contributed by atoms with E-state index in [-0.39, 0.29) is 10.7 Å². The van der Waals surface area contributed by atoms with E-state index in [9.17, 15) is 13.2 Å². The molecule has 0 N–H and O–H groups in total. The molecule has 0 radical (unpaired) electrons. The standard InChI is InChI=1S/C13H6ClF3N2/c14-12-9(6-18)4-10(7-19-12)8-2-1-3-11(5-8)13(15,16)17/h1-5,7H. The smallest absolute Gasteiger partial charge is 0.243 e. The van der Waals surface area contributed by atoms with Gasteiger partial charge in [-0.05, 0) is 23.8 Å².